The monoisotopic (exact) mass is 320 g/mol. The molecule has 2 aromatic heterocycles. The van der Waals surface area contributed by atoms with Gasteiger partial charge < -0.3 is 10.0 Å². The molecule has 1 aliphatic heterocycles. The lowest BCUT2D eigenvalue weighted by Crippen LogP contribution is -2.30. The third-order valence-electron chi connectivity index (χ3n) is 3.88. The van der Waals surface area contributed by atoms with Gasteiger partial charge in [-0.05, 0) is 18.6 Å². The second-order valence-corrected chi connectivity index (χ2v) is 5.97. The molecule has 0 radical (unpaired) electrons. The molecular formula is C15H17ClN4O2. The summed E-state index contributed by atoms with van der Waals surface area (Å²) < 4.78 is 1.51. The zero-order valence-electron chi connectivity index (χ0n) is 12.2. The van der Waals surface area contributed by atoms with Crippen LogP contribution in [0.2, 0.25) is 5.02 Å². The van der Waals surface area contributed by atoms with Crippen LogP contribution in [0.25, 0.3) is 0 Å². The fourth-order valence-electron chi connectivity index (χ4n) is 2.76. The number of rotatable bonds is 3. The number of carbonyl (C=O) groups is 1. The molecule has 3 heterocycles. The van der Waals surface area contributed by atoms with E-state index in [-0.39, 0.29) is 17.5 Å². The first-order chi connectivity index (χ1) is 10.5. The number of aromatic nitrogens is 3. The first-order valence-corrected chi connectivity index (χ1v) is 7.49. The van der Waals surface area contributed by atoms with E-state index in [2.05, 4.69) is 10.1 Å². The van der Waals surface area contributed by atoms with E-state index in [0.717, 1.165) is 5.69 Å². The lowest BCUT2D eigenvalue weighted by molar-refractivity contribution is 0.0758. The maximum Gasteiger partial charge on any atom is 0.276 e. The van der Waals surface area contributed by atoms with E-state index >= 15 is 0 Å². The van der Waals surface area contributed by atoms with Crippen molar-refractivity contribution < 1.29 is 9.90 Å². The van der Waals surface area contributed by atoms with Gasteiger partial charge in [0.25, 0.3) is 5.91 Å². The molecule has 2 aromatic rings. The molecule has 0 spiro atoms. The Morgan fingerprint density at radius 3 is 2.91 bits per heavy atom. The Morgan fingerprint density at radius 1 is 1.45 bits per heavy atom. The van der Waals surface area contributed by atoms with Crippen molar-refractivity contribution >= 4 is 17.5 Å². The molecule has 0 bridgehead atoms. The van der Waals surface area contributed by atoms with Gasteiger partial charge in [-0.1, -0.05) is 17.7 Å². The minimum atomic E-state index is -0.562. The molecule has 6 nitrogen and oxygen atoms in total. The second-order valence-electron chi connectivity index (χ2n) is 5.56. The Bertz CT molecular complexity index is 673. The largest absolute Gasteiger partial charge is 0.391 e. The zero-order valence-corrected chi connectivity index (χ0v) is 12.9. The summed E-state index contributed by atoms with van der Waals surface area (Å²) in [5.41, 5.74) is 1.14. The summed E-state index contributed by atoms with van der Waals surface area (Å²) in [6, 6.07) is 5.69. The van der Waals surface area contributed by atoms with Crippen molar-refractivity contribution in [1.29, 1.82) is 0 Å². The van der Waals surface area contributed by atoms with Gasteiger partial charge in [-0.25, -0.2) is 0 Å². The molecule has 0 saturated carbocycles. The van der Waals surface area contributed by atoms with Gasteiger partial charge in [-0.15, -0.1) is 0 Å². The molecule has 1 amide bonds. The van der Waals surface area contributed by atoms with Crippen LogP contribution in [-0.4, -0.2) is 49.9 Å². The molecule has 1 saturated heterocycles. The first-order valence-electron chi connectivity index (χ1n) is 7.11. The molecule has 2 atom stereocenters. The number of aryl methyl sites for hydroxylation is 1. The lowest BCUT2D eigenvalue weighted by atomic mass is 10.00. The second kappa shape index (κ2) is 6.06. The summed E-state index contributed by atoms with van der Waals surface area (Å²) in [4.78, 5) is 18.3. The smallest absolute Gasteiger partial charge is 0.276 e. The Balaban J connectivity index is 1.70. The van der Waals surface area contributed by atoms with E-state index in [0.29, 0.717) is 24.5 Å². The number of halogens is 1. The fraction of sp³-hybridized carbons (Fsp3) is 0.400. The average molecular weight is 321 g/mol. The van der Waals surface area contributed by atoms with Crippen molar-refractivity contribution in [2.24, 2.45) is 13.0 Å². The fourth-order valence-corrected chi connectivity index (χ4v) is 3.02. The maximum atomic E-state index is 12.5. The standard InChI is InChI=1S/C15H17ClN4O2/c1-19-8-12(16)14(18-19)15(22)20-7-10(13(21)9-20)6-11-4-2-3-5-17-11/h2-5,8,10,13,21H,6-7,9H2,1H3/t10-,13-/m1/s1. The number of pyridine rings is 1. The number of carbonyl (C=O) groups excluding carboxylic acids is 1. The van der Waals surface area contributed by atoms with Gasteiger partial charge in [0.15, 0.2) is 5.69 Å². The summed E-state index contributed by atoms with van der Waals surface area (Å²) >= 11 is 6.02. The van der Waals surface area contributed by atoms with Crippen LogP contribution < -0.4 is 0 Å². The molecule has 1 fully saturated rings. The van der Waals surface area contributed by atoms with Gasteiger partial charge in [0.1, 0.15) is 0 Å². The highest BCUT2D eigenvalue weighted by molar-refractivity contribution is 6.33. The van der Waals surface area contributed by atoms with Crippen molar-refractivity contribution in [3.05, 3.63) is 47.0 Å². The van der Waals surface area contributed by atoms with Crippen LogP contribution in [0, 0.1) is 5.92 Å². The van der Waals surface area contributed by atoms with Crippen LogP contribution in [0.4, 0.5) is 0 Å². The summed E-state index contributed by atoms with van der Waals surface area (Å²) in [6.07, 6.45) is 3.40. The molecular weight excluding hydrogens is 304 g/mol. The van der Waals surface area contributed by atoms with Gasteiger partial charge >= 0.3 is 0 Å². The number of aliphatic hydroxyl groups is 1. The Labute approximate surface area is 133 Å². The molecule has 3 rings (SSSR count). The molecule has 0 unspecified atom stereocenters. The van der Waals surface area contributed by atoms with E-state index < -0.39 is 6.10 Å². The summed E-state index contributed by atoms with van der Waals surface area (Å²) in [5.74, 6) is -0.269. The number of aliphatic hydroxyl groups excluding tert-OH is 1. The van der Waals surface area contributed by atoms with Crippen molar-refractivity contribution in [3.63, 3.8) is 0 Å². The number of β-amino-alcohol motifs (C(OH)–C–C–N with tert-alkyl or cyclic N) is 1. The molecule has 22 heavy (non-hydrogen) atoms. The van der Waals surface area contributed by atoms with E-state index in [1.54, 1.807) is 24.3 Å². The van der Waals surface area contributed by atoms with Crippen LogP contribution in [0.5, 0.6) is 0 Å². The summed E-state index contributed by atoms with van der Waals surface area (Å²) in [7, 11) is 1.71. The number of hydrogen-bond acceptors (Lipinski definition) is 4. The normalized spacial score (nSPS) is 21.3. The van der Waals surface area contributed by atoms with E-state index in [1.165, 1.54) is 4.68 Å². The highest BCUT2D eigenvalue weighted by Crippen LogP contribution is 2.24. The third-order valence-corrected chi connectivity index (χ3v) is 4.15. The number of nitrogens with zero attached hydrogens (tertiary/aromatic N) is 4. The SMILES string of the molecule is Cn1cc(Cl)c(C(=O)N2C[C@@H](Cc3ccccn3)[C@H](O)C2)n1. The van der Waals surface area contributed by atoms with E-state index in [1.807, 2.05) is 18.2 Å². The molecule has 1 aliphatic rings. The van der Waals surface area contributed by atoms with Crippen LogP contribution in [0.3, 0.4) is 0 Å². The van der Waals surface area contributed by atoms with Crippen molar-refractivity contribution in [3.8, 4) is 0 Å². The lowest BCUT2D eigenvalue weighted by Gasteiger charge is -2.14. The minimum Gasteiger partial charge on any atom is -0.391 e. The number of likely N-dealkylation sites (tertiary alicyclic amines) is 1. The topological polar surface area (TPSA) is 71.2 Å². The number of amides is 1. The Kier molecular flexibility index (Phi) is 4.13. The Morgan fingerprint density at radius 2 is 2.27 bits per heavy atom. The van der Waals surface area contributed by atoms with Gasteiger partial charge in [0.05, 0.1) is 11.1 Å². The molecule has 7 heteroatoms. The van der Waals surface area contributed by atoms with E-state index in [9.17, 15) is 9.90 Å². The van der Waals surface area contributed by atoms with E-state index in [4.69, 9.17) is 11.6 Å². The van der Waals surface area contributed by atoms with Crippen molar-refractivity contribution in [1.82, 2.24) is 19.7 Å². The average Bonchev–Trinajstić information content (AvgIpc) is 3.02. The molecule has 116 valence electrons. The van der Waals surface area contributed by atoms with Gasteiger partial charge in [0.2, 0.25) is 0 Å². The van der Waals surface area contributed by atoms with Crippen molar-refractivity contribution in [2.45, 2.75) is 12.5 Å². The predicted octanol–water partition coefficient (Wildman–Crippen LogP) is 1.14. The van der Waals surface area contributed by atoms with Crippen LogP contribution >= 0.6 is 11.6 Å². The predicted molar refractivity (Wildman–Crippen MR) is 81.6 cm³/mol. The highest BCUT2D eigenvalue weighted by Gasteiger charge is 2.36. The zero-order chi connectivity index (χ0) is 15.7. The maximum absolute atomic E-state index is 12.5. The van der Waals surface area contributed by atoms with Crippen LogP contribution in [0.1, 0.15) is 16.2 Å². The summed E-state index contributed by atoms with van der Waals surface area (Å²) in [5, 5.41) is 14.6. The van der Waals surface area contributed by atoms with Gasteiger partial charge in [-0.2, -0.15) is 5.10 Å². The van der Waals surface area contributed by atoms with Crippen molar-refractivity contribution in [2.75, 3.05) is 13.1 Å². The highest BCUT2D eigenvalue weighted by atomic mass is 35.5. The first kappa shape index (κ1) is 15.0. The summed E-state index contributed by atoms with van der Waals surface area (Å²) in [6.45, 7) is 0.771. The number of hydrogen-bond donors (Lipinski definition) is 1. The van der Waals surface area contributed by atoms with Crippen LogP contribution in [0.15, 0.2) is 30.6 Å². The van der Waals surface area contributed by atoms with Crippen LogP contribution in [-0.2, 0) is 13.5 Å². The van der Waals surface area contributed by atoms with Gasteiger partial charge in [0, 0.05) is 44.1 Å². The molecule has 0 aliphatic carbocycles. The third kappa shape index (κ3) is 2.98. The minimum absolute atomic E-state index is 0.0265. The Hall–Kier alpha value is -1.92. The molecule has 0 aromatic carbocycles. The van der Waals surface area contributed by atoms with Gasteiger partial charge in [-0.3, -0.25) is 14.5 Å². The molecule has 1 N–H and O–H groups in total. The quantitative estimate of drug-likeness (QED) is 0.920.